The Morgan fingerprint density at radius 3 is 2.45 bits per heavy atom. The number of nitrogens with one attached hydrogen (secondary N) is 2. The molecule has 0 aliphatic carbocycles. The molecule has 31 heavy (non-hydrogen) atoms. The Bertz CT molecular complexity index is 1080. The van der Waals surface area contributed by atoms with Gasteiger partial charge in [0.2, 0.25) is 5.01 Å². The number of urea groups is 1. The topological polar surface area (TPSA) is 87.2 Å². The van der Waals surface area contributed by atoms with Crippen molar-refractivity contribution in [2.45, 2.75) is 18.8 Å². The van der Waals surface area contributed by atoms with Gasteiger partial charge in [-0.1, -0.05) is 29.5 Å². The van der Waals surface area contributed by atoms with E-state index in [0.717, 1.165) is 17.1 Å². The zero-order valence-electron chi connectivity index (χ0n) is 16.3. The Labute approximate surface area is 181 Å². The van der Waals surface area contributed by atoms with Crippen LogP contribution in [0.1, 0.15) is 33.6 Å². The number of carbonyl (C=O) groups is 2. The Morgan fingerprint density at radius 1 is 1.00 bits per heavy atom. The van der Waals surface area contributed by atoms with Crippen LogP contribution >= 0.6 is 11.3 Å². The maximum atomic E-state index is 13.7. The maximum Gasteiger partial charge on any atom is 0.321 e. The maximum absolute atomic E-state index is 13.7. The first-order valence-corrected chi connectivity index (χ1v) is 10.5. The fourth-order valence-corrected chi connectivity index (χ4v) is 4.22. The molecule has 2 heterocycles. The van der Waals surface area contributed by atoms with Crippen LogP contribution in [-0.4, -0.2) is 40.1 Å². The molecule has 0 atom stereocenters. The van der Waals surface area contributed by atoms with Gasteiger partial charge in [0.15, 0.2) is 0 Å². The lowest BCUT2D eigenvalue weighted by Gasteiger charge is -2.31. The second-order valence-electron chi connectivity index (χ2n) is 7.08. The Morgan fingerprint density at radius 2 is 1.74 bits per heavy atom. The van der Waals surface area contributed by atoms with Crippen molar-refractivity contribution in [1.29, 1.82) is 0 Å². The molecule has 0 bridgehead atoms. The molecule has 1 saturated heterocycles. The summed E-state index contributed by atoms with van der Waals surface area (Å²) in [5, 5.41) is 14.5. The number of rotatable bonds is 4. The molecule has 3 aromatic rings. The molecule has 1 aliphatic rings. The lowest BCUT2D eigenvalue weighted by Crippen LogP contribution is -2.40. The summed E-state index contributed by atoms with van der Waals surface area (Å²) in [4.78, 5) is 26.3. The molecule has 10 heteroatoms. The average Bonchev–Trinajstić information content (AvgIpc) is 3.27. The summed E-state index contributed by atoms with van der Waals surface area (Å²) in [5.74, 6) is -1.75. The standard InChI is InChI=1S/C21H19F2N5O2S/c22-14-6-7-17(16(23)12-14)25-21(30)28-10-8-13(9-11-28)19-26-27-20(31-19)18(29)24-15-4-2-1-3-5-15/h1-7,12-13H,8-11H2,(H,24,29)(H,25,30). The number of carbonyl (C=O) groups excluding carboxylic acids is 2. The lowest BCUT2D eigenvalue weighted by atomic mass is 9.98. The van der Waals surface area contributed by atoms with E-state index in [2.05, 4.69) is 20.8 Å². The number of halogens is 2. The van der Waals surface area contributed by atoms with E-state index in [-0.39, 0.29) is 22.5 Å². The third-order valence-electron chi connectivity index (χ3n) is 4.97. The van der Waals surface area contributed by atoms with Crippen LogP contribution in [0.25, 0.3) is 0 Å². The number of amides is 3. The van der Waals surface area contributed by atoms with Gasteiger partial charge in [0.05, 0.1) is 5.69 Å². The van der Waals surface area contributed by atoms with Gasteiger partial charge in [-0.3, -0.25) is 4.79 Å². The molecule has 0 spiro atoms. The number of anilines is 2. The van der Waals surface area contributed by atoms with Crippen molar-refractivity contribution in [3.63, 3.8) is 0 Å². The SMILES string of the molecule is O=C(Nc1ccccc1)c1nnc(C2CCN(C(=O)Nc3ccc(F)cc3F)CC2)s1. The molecule has 0 unspecified atom stereocenters. The molecular weight excluding hydrogens is 424 g/mol. The first-order chi connectivity index (χ1) is 15.0. The minimum absolute atomic E-state index is 0.0632. The van der Waals surface area contributed by atoms with Crippen molar-refractivity contribution in [2.75, 3.05) is 23.7 Å². The molecule has 1 fully saturated rings. The summed E-state index contributed by atoms with van der Waals surface area (Å²) in [6.07, 6.45) is 1.29. The zero-order valence-corrected chi connectivity index (χ0v) is 17.2. The third kappa shape index (κ3) is 5.02. The van der Waals surface area contributed by atoms with Crippen LogP contribution in [0.3, 0.4) is 0 Å². The van der Waals surface area contributed by atoms with E-state index < -0.39 is 17.7 Å². The number of hydrogen-bond acceptors (Lipinski definition) is 5. The molecular formula is C21H19F2N5O2S. The van der Waals surface area contributed by atoms with E-state index in [1.807, 2.05) is 18.2 Å². The van der Waals surface area contributed by atoms with Gasteiger partial charge in [0.1, 0.15) is 16.6 Å². The van der Waals surface area contributed by atoms with Crippen molar-refractivity contribution < 1.29 is 18.4 Å². The molecule has 3 amide bonds. The van der Waals surface area contributed by atoms with E-state index in [4.69, 9.17) is 0 Å². The molecule has 0 radical (unpaired) electrons. The highest BCUT2D eigenvalue weighted by Gasteiger charge is 2.27. The second kappa shape index (κ2) is 9.17. The van der Waals surface area contributed by atoms with E-state index in [9.17, 15) is 18.4 Å². The van der Waals surface area contributed by atoms with Crippen molar-refractivity contribution >= 4 is 34.6 Å². The summed E-state index contributed by atoms with van der Waals surface area (Å²) < 4.78 is 26.8. The summed E-state index contributed by atoms with van der Waals surface area (Å²) in [6, 6.07) is 11.7. The molecule has 0 saturated carbocycles. The number of para-hydroxylation sites is 1. The van der Waals surface area contributed by atoms with Gasteiger partial charge in [-0.25, -0.2) is 13.6 Å². The number of nitrogens with zero attached hydrogens (tertiary/aromatic N) is 3. The van der Waals surface area contributed by atoms with Gasteiger partial charge < -0.3 is 15.5 Å². The number of piperidine rings is 1. The molecule has 1 aromatic heterocycles. The fourth-order valence-electron chi connectivity index (χ4n) is 3.31. The molecule has 1 aliphatic heterocycles. The number of benzene rings is 2. The van der Waals surface area contributed by atoms with E-state index in [1.54, 1.807) is 17.0 Å². The Kier molecular flexibility index (Phi) is 6.17. The molecule has 4 rings (SSSR count). The zero-order chi connectivity index (χ0) is 21.8. The van der Waals surface area contributed by atoms with E-state index in [0.29, 0.717) is 31.6 Å². The molecule has 2 aromatic carbocycles. The van der Waals surface area contributed by atoms with Crippen LogP contribution in [0.4, 0.5) is 25.0 Å². The van der Waals surface area contributed by atoms with Gasteiger partial charge in [0, 0.05) is 30.8 Å². The molecule has 2 N–H and O–H groups in total. The fraction of sp³-hybridized carbons (Fsp3) is 0.238. The summed E-state index contributed by atoms with van der Waals surface area (Å²) in [5.41, 5.74) is 0.618. The summed E-state index contributed by atoms with van der Waals surface area (Å²) in [7, 11) is 0. The molecule has 7 nitrogen and oxygen atoms in total. The second-order valence-corrected chi connectivity index (χ2v) is 8.09. The summed E-state index contributed by atoms with van der Waals surface area (Å²) >= 11 is 1.24. The van der Waals surface area contributed by atoms with Gasteiger partial charge in [-0.15, -0.1) is 10.2 Å². The minimum atomic E-state index is -0.821. The van der Waals surface area contributed by atoms with Gasteiger partial charge in [0.25, 0.3) is 5.91 Å². The Balaban J connectivity index is 1.31. The van der Waals surface area contributed by atoms with Crippen LogP contribution in [0.15, 0.2) is 48.5 Å². The van der Waals surface area contributed by atoms with Crippen molar-refractivity contribution in [1.82, 2.24) is 15.1 Å². The first kappa shape index (κ1) is 20.9. The van der Waals surface area contributed by atoms with Crippen molar-refractivity contribution in [3.05, 3.63) is 70.2 Å². The highest BCUT2D eigenvalue weighted by molar-refractivity contribution is 7.13. The van der Waals surface area contributed by atoms with Gasteiger partial charge >= 0.3 is 6.03 Å². The van der Waals surface area contributed by atoms with E-state index in [1.165, 1.54) is 17.4 Å². The van der Waals surface area contributed by atoms with Gasteiger partial charge in [-0.2, -0.15) is 0 Å². The number of hydrogen-bond donors (Lipinski definition) is 2. The first-order valence-electron chi connectivity index (χ1n) is 9.70. The molecule has 160 valence electrons. The monoisotopic (exact) mass is 443 g/mol. The quantitative estimate of drug-likeness (QED) is 0.622. The lowest BCUT2D eigenvalue weighted by molar-refractivity contribution is 0.102. The number of aromatic nitrogens is 2. The third-order valence-corrected chi connectivity index (χ3v) is 6.06. The van der Waals surface area contributed by atoms with Gasteiger partial charge in [-0.05, 0) is 37.1 Å². The van der Waals surface area contributed by atoms with E-state index >= 15 is 0 Å². The van der Waals surface area contributed by atoms with Crippen LogP contribution in [0.5, 0.6) is 0 Å². The van der Waals surface area contributed by atoms with Crippen molar-refractivity contribution in [2.24, 2.45) is 0 Å². The predicted octanol–water partition coefficient (Wildman–Crippen LogP) is 4.48. The van der Waals surface area contributed by atoms with Crippen LogP contribution < -0.4 is 10.6 Å². The average molecular weight is 443 g/mol. The number of likely N-dealkylation sites (tertiary alicyclic amines) is 1. The van der Waals surface area contributed by atoms with Crippen LogP contribution in [0, 0.1) is 11.6 Å². The highest BCUT2D eigenvalue weighted by Crippen LogP contribution is 2.30. The van der Waals surface area contributed by atoms with Crippen molar-refractivity contribution in [3.8, 4) is 0 Å². The smallest absolute Gasteiger partial charge is 0.321 e. The minimum Gasteiger partial charge on any atom is -0.324 e. The predicted molar refractivity (Wildman–Crippen MR) is 113 cm³/mol. The highest BCUT2D eigenvalue weighted by atomic mass is 32.1. The Hall–Kier alpha value is -3.40. The van der Waals surface area contributed by atoms with Crippen LogP contribution in [-0.2, 0) is 0 Å². The normalized spacial score (nSPS) is 14.3. The largest absolute Gasteiger partial charge is 0.324 e. The van der Waals surface area contributed by atoms with Crippen LogP contribution in [0.2, 0.25) is 0 Å². The summed E-state index contributed by atoms with van der Waals surface area (Å²) in [6.45, 7) is 0.898.